The zero-order valence-corrected chi connectivity index (χ0v) is 16.9. The first-order chi connectivity index (χ1) is 13.2. The number of para-hydroxylation sites is 2. The standard InChI is InChI=1S/C23H33NO3/c1-4-25-21(20-14-12-19(3)13-15-20)11-8-16-24-17-18-27-23-10-7-6-9-22(23)26-5-2/h6-7,9-10,12-15,21,24H,4-5,8,11,16-18H2,1-3H3. The van der Waals surface area contributed by atoms with E-state index in [0.29, 0.717) is 13.2 Å². The van der Waals surface area contributed by atoms with Crippen LogP contribution in [-0.4, -0.2) is 32.9 Å². The molecule has 0 bridgehead atoms. The summed E-state index contributed by atoms with van der Waals surface area (Å²) in [7, 11) is 0. The second-order valence-electron chi connectivity index (χ2n) is 6.48. The molecule has 2 aromatic rings. The van der Waals surface area contributed by atoms with Crippen molar-refractivity contribution in [2.24, 2.45) is 0 Å². The van der Waals surface area contributed by atoms with E-state index in [1.54, 1.807) is 0 Å². The van der Waals surface area contributed by atoms with Gasteiger partial charge in [0, 0.05) is 13.2 Å². The molecule has 0 aromatic heterocycles. The highest BCUT2D eigenvalue weighted by atomic mass is 16.5. The van der Waals surface area contributed by atoms with Crippen LogP contribution in [0.1, 0.15) is 43.9 Å². The van der Waals surface area contributed by atoms with Gasteiger partial charge in [-0.3, -0.25) is 0 Å². The summed E-state index contributed by atoms with van der Waals surface area (Å²) in [6, 6.07) is 16.4. The van der Waals surface area contributed by atoms with Crippen LogP contribution in [0.4, 0.5) is 0 Å². The van der Waals surface area contributed by atoms with Crippen LogP contribution >= 0.6 is 0 Å². The molecule has 2 aromatic carbocycles. The summed E-state index contributed by atoms with van der Waals surface area (Å²) in [5, 5.41) is 3.44. The van der Waals surface area contributed by atoms with Crippen molar-refractivity contribution in [3.63, 3.8) is 0 Å². The summed E-state index contributed by atoms with van der Waals surface area (Å²) in [5.74, 6) is 1.61. The first-order valence-corrected chi connectivity index (χ1v) is 9.98. The molecule has 0 fully saturated rings. The Morgan fingerprint density at radius 3 is 2.22 bits per heavy atom. The summed E-state index contributed by atoms with van der Waals surface area (Å²) in [4.78, 5) is 0. The second-order valence-corrected chi connectivity index (χ2v) is 6.48. The molecule has 0 aliphatic carbocycles. The van der Waals surface area contributed by atoms with Gasteiger partial charge in [-0.15, -0.1) is 0 Å². The number of nitrogens with one attached hydrogen (secondary N) is 1. The van der Waals surface area contributed by atoms with Gasteiger partial charge in [0.1, 0.15) is 6.61 Å². The summed E-state index contributed by atoms with van der Waals surface area (Å²) < 4.78 is 17.3. The molecule has 4 nitrogen and oxygen atoms in total. The minimum atomic E-state index is 0.173. The molecule has 2 rings (SSSR count). The van der Waals surface area contributed by atoms with Gasteiger partial charge in [0.25, 0.3) is 0 Å². The molecule has 1 unspecified atom stereocenters. The molecular formula is C23H33NO3. The van der Waals surface area contributed by atoms with Gasteiger partial charge in [-0.25, -0.2) is 0 Å². The number of hydrogen-bond donors (Lipinski definition) is 1. The normalized spacial score (nSPS) is 12.0. The maximum atomic E-state index is 5.92. The van der Waals surface area contributed by atoms with Gasteiger partial charge in [0.15, 0.2) is 11.5 Å². The molecule has 0 amide bonds. The smallest absolute Gasteiger partial charge is 0.161 e. The van der Waals surface area contributed by atoms with Crippen LogP contribution in [0.5, 0.6) is 11.5 Å². The topological polar surface area (TPSA) is 39.7 Å². The summed E-state index contributed by atoms with van der Waals surface area (Å²) >= 11 is 0. The molecule has 0 aliphatic rings. The second kappa shape index (κ2) is 12.4. The highest BCUT2D eigenvalue weighted by molar-refractivity contribution is 5.39. The molecule has 0 saturated carbocycles. The maximum absolute atomic E-state index is 5.92. The van der Waals surface area contributed by atoms with E-state index in [4.69, 9.17) is 14.2 Å². The third kappa shape index (κ3) is 7.61. The highest BCUT2D eigenvalue weighted by Gasteiger charge is 2.10. The number of ether oxygens (including phenoxy) is 3. The molecule has 148 valence electrons. The minimum Gasteiger partial charge on any atom is -0.490 e. The van der Waals surface area contributed by atoms with Gasteiger partial charge >= 0.3 is 0 Å². The molecule has 4 heteroatoms. The van der Waals surface area contributed by atoms with Crippen LogP contribution in [0, 0.1) is 6.92 Å². The molecule has 0 saturated heterocycles. The third-order valence-electron chi connectivity index (χ3n) is 4.32. The van der Waals surface area contributed by atoms with Crippen molar-refractivity contribution < 1.29 is 14.2 Å². The number of benzene rings is 2. The first kappa shape index (κ1) is 21.3. The van der Waals surface area contributed by atoms with E-state index in [0.717, 1.165) is 44.0 Å². The van der Waals surface area contributed by atoms with E-state index in [2.05, 4.69) is 43.4 Å². The first-order valence-electron chi connectivity index (χ1n) is 9.98. The van der Waals surface area contributed by atoms with E-state index in [9.17, 15) is 0 Å². The number of rotatable bonds is 13. The Labute approximate surface area is 163 Å². The van der Waals surface area contributed by atoms with E-state index in [1.807, 2.05) is 31.2 Å². The van der Waals surface area contributed by atoms with Gasteiger partial charge in [-0.2, -0.15) is 0 Å². The Bertz CT molecular complexity index is 642. The summed E-state index contributed by atoms with van der Waals surface area (Å²) in [5.41, 5.74) is 2.54. The third-order valence-corrected chi connectivity index (χ3v) is 4.32. The number of aryl methyl sites for hydroxylation is 1. The average Bonchev–Trinajstić information content (AvgIpc) is 2.68. The monoisotopic (exact) mass is 371 g/mol. The van der Waals surface area contributed by atoms with Crippen LogP contribution < -0.4 is 14.8 Å². The Balaban J connectivity index is 1.65. The van der Waals surface area contributed by atoms with Crippen molar-refractivity contribution in [1.29, 1.82) is 0 Å². The van der Waals surface area contributed by atoms with Crippen molar-refractivity contribution >= 4 is 0 Å². The van der Waals surface area contributed by atoms with Crippen molar-refractivity contribution in [3.8, 4) is 11.5 Å². The molecule has 0 spiro atoms. The lowest BCUT2D eigenvalue weighted by atomic mass is 10.0. The SMILES string of the molecule is CCOc1ccccc1OCCNCCCC(OCC)c1ccc(C)cc1. The van der Waals surface area contributed by atoms with E-state index in [1.165, 1.54) is 11.1 Å². The molecule has 1 N–H and O–H groups in total. The quantitative estimate of drug-likeness (QED) is 0.507. The van der Waals surface area contributed by atoms with Gasteiger partial charge < -0.3 is 19.5 Å². The van der Waals surface area contributed by atoms with E-state index < -0.39 is 0 Å². The van der Waals surface area contributed by atoms with Gasteiger partial charge in [0.2, 0.25) is 0 Å². The van der Waals surface area contributed by atoms with E-state index >= 15 is 0 Å². The van der Waals surface area contributed by atoms with Crippen LogP contribution in [0.25, 0.3) is 0 Å². The number of hydrogen-bond acceptors (Lipinski definition) is 4. The fourth-order valence-corrected chi connectivity index (χ4v) is 2.94. The summed E-state index contributed by atoms with van der Waals surface area (Å²) in [6.07, 6.45) is 2.25. The van der Waals surface area contributed by atoms with Crippen molar-refractivity contribution in [3.05, 3.63) is 59.7 Å². The lowest BCUT2D eigenvalue weighted by Crippen LogP contribution is -2.22. The lowest BCUT2D eigenvalue weighted by molar-refractivity contribution is 0.0547. The minimum absolute atomic E-state index is 0.173. The van der Waals surface area contributed by atoms with Gasteiger partial charge in [0.05, 0.1) is 12.7 Å². The predicted octanol–water partition coefficient (Wildman–Crippen LogP) is 4.92. The lowest BCUT2D eigenvalue weighted by Gasteiger charge is -2.18. The Hall–Kier alpha value is -2.04. The molecular weight excluding hydrogens is 338 g/mol. The molecule has 27 heavy (non-hydrogen) atoms. The fraction of sp³-hybridized carbons (Fsp3) is 0.478. The average molecular weight is 372 g/mol. The van der Waals surface area contributed by atoms with Gasteiger partial charge in [-0.1, -0.05) is 42.0 Å². The molecule has 0 radical (unpaired) electrons. The largest absolute Gasteiger partial charge is 0.490 e. The molecule has 0 heterocycles. The van der Waals surface area contributed by atoms with Crippen LogP contribution in [-0.2, 0) is 4.74 Å². The van der Waals surface area contributed by atoms with Crippen molar-refractivity contribution in [2.75, 3.05) is 32.9 Å². The van der Waals surface area contributed by atoms with Crippen molar-refractivity contribution in [2.45, 2.75) is 39.7 Å². The Kier molecular flexibility index (Phi) is 9.74. The van der Waals surface area contributed by atoms with Gasteiger partial charge in [-0.05, 0) is 57.9 Å². The predicted molar refractivity (Wildman–Crippen MR) is 111 cm³/mol. The molecule has 0 aliphatic heterocycles. The highest BCUT2D eigenvalue weighted by Crippen LogP contribution is 2.26. The zero-order chi connectivity index (χ0) is 19.3. The van der Waals surface area contributed by atoms with Crippen molar-refractivity contribution in [1.82, 2.24) is 5.32 Å². The zero-order valence-electron chi connectivity index (χ0n) is 16.9. The van der Waals surface area contributed by atoms with Crippen LogP contribution in [0.2, 0.25) is 0 Å². The Morgan fingerprint density at radius 1 is 0.852 bits per heavy atom. The summed E-state index contributed by atoms with van der Waals surface area (Å²) in [6.45, 7) is 9.90. The fourth-order valence-electron chi connectivity index (χ4n) is 2.94. The Morgan fingerprint density at radius 2 is 1.56 bits per heavy atom. The maximum Gasteiger partial charge on any atom is 0.161 e. The van der Waals surface area contributed by atoms with Crippen LogP contribution in [0.3, 0.4) is 0 Å². The molecule has 1 atom stereocenters. The van der Waals surface area contributed by atoms with Crippen LogP contribution in [0.15, 0.2) is 48.5 Å². The van der Waals surface area contributed by atoms with E-state index in [-0.39, 0.29) is 6.10 Å².